The summed E-state index contributed by atoms with van der Waals surface area (Å²) in [5.74, 6) is 0.347. The Bertz CT molecular complexity index is 826. The molecule has 0 aliphatic carbocycles. The first-order chi connectivity index (χ1) is 12.2. The fourth-order valence-corrected chi connectivity index (χ4v) is 2.91. The summed E-state index contributed by atoms with van der Waals surface area (Å²) in [4.78, 5) is 5.46. The summed E-state index contributed by atoms with van der Waals surface area (Å²) in [7, 11) is 0. The number of hydrogen-bond acceptors (Lipinski definition) is 4. The van der Waals surface area contributed by atoms with E-state index in [1.54, 1.807) is 0 Å². The van der Waals surface area contributed by atoms with Gasteiger partial charge < -0.3 is 19.6 Å². The summed E-state index contributed by atoms with van der Waals surface area (Å²) < 4.78 is 37.2. The lowest BCUT2D eigenvalue weighted by Crippen LogP contribution is -2.84. The zero-order chi connectivity index (χ0) is 17.2. The first-order valence-corrected chi connectivity index (χ1v) is 8.07. The van der Waals surface area contributed by atoms with Gasteiger partial charge in [0.2, 0.25) is 6.79 Å². The SMILES string of the molecule is Fc1ccc(C[NH2+]C[C@H]2CC(c3ccc4c(c3)OCO4)=NO2)c(F)c1. The third-order valence-electron chi connectivity index (χ3n) is 4.25. The van der Waals surface area contributed by atoms with Crippen molar-refractivity contribution in [3.63, 3.8) is 0 Å². The minimum absolute atomic E-state index is 0.0797. The van der Waals surface area contributed by atoms with Crippen LogP contribution in [0.15, 0.2) is 41.6 Å². The van der Waals surface area contributed by atoms with E-state index in [9.17, 15) is 8.78 Å². The van der Waals surface area contributed by atoms with Gasteiger partial charge in [-0.1, -0.05) is 5.16 Å². The number of nitrogens with two attached hydrogens (primary N) is 1. The summed E-state index contributed by atoms with van der Waals surface area (Å²) in [5, 5.41) is 6.07. The fourth-order valence-electron chi connectivity index (χ4n) is 2.91. The minimum atomic E-state index is -0.567. The van der Waals surface area contributed by atoms with Gasteiger partial charge in [0.05, 0.1) is 5.71 Å². The van der Waals surface area contributed by atoms with Gasteiger partial charge in [-0.05, 0) is 30.3 Å². The molecule has 2 aromatic carbocycles. The number of rotatable bonds is 5. The summed E-state index contributed by atoms with van der Waals surface area (Å²) in [6.45, 7) is 1.29. The second-order valence-corrected chi connectivity index (χ2v) is 6.00. The average Bonchev–Trinajstić information content (AvgIpc) is 3.25. The molecule has 0 aromatic heterocycles. The molecule has 0 bridgehead atoms. The van der Waals surface area contributed by atoms with E-state index in [1.807, 2.05) is 23.5 Å². The molecular weight excluding hydrogens is 330 g/mol. The Morgan fingerprint density at radius 1 is 1.08 bits per heavy atom. The molecule has 2 N–H and O–H groups in total. The minimum Gasteiger partial charge on any atom is -0.454 e. The van der Waals surface area contributed by atoms with Crippen LogP contribution in [0.1, 0.15) is 17.5 Å². The maximum Gasteiger partial charge on any atom is 0.231 e. The first-order valence-electron chi connectivity index (χ1n) is 8.07. The maximum absolute atomic E-state index is 13.6. The van der Waals surface area contributed by atoms with Gasteiger partial charge in [0.1, 0.15) is 24.7 Å². The normalized spacial score (nSPS) is 18.2. The van der Waals surface area contributed by atoms with E-state index in [-0.39, 0.29) is 12.9 Å². The van der Waals surface area contributed by atoms with Gasteiger partial charge in [-0.25, -0.2) is 8.78 Å². The van der Waals surface area contributed by atoms with E-state index in [0.29, 0.717) is 30.8 Å². The number of oxime groups is 1. The second kappa shape index (κ2) is 6.68. The van der Waals surface area contributed by atoms with Crippen LogP contribution in [-0.2, 0) is 11.4 Å². The molecule has 1 atom stereocenters. The second-order valence-electron chi connectivity index (χ2n) is 6.00. The highest BCUT2D eigenvalue weighted by molar-refractivity contribution is 6.01. The largest absolute Gasteiger partial charge is 0.454 e. The van der Waals surface area contributed by atoms with Gasteiger partial charge in [0, 0.05) is 23.6 Å². The fraction of sp³-hybridized carbons (Fsp3) is 0.278. The molecule has 7 heteroatoms. The molecule has 4 rings (SSSR count). The number of quaternary nitrogens is 1. The molecule has 0 saturated heterocycles. The Morgan fingerprint density at radius 2 is 1.96 bits per heavy atom. The van der Waals surface area contributed by atoms with Gasteiger partial charge in [-0.15, -0.1) is 0 Å². The van der Waals surface area contributed by atoms with Gasteiger partial charge in [-0.3, -0.25) is 0 Å². The van der Waals surface area contributed by atoms with Crippen LogP contribution >= 0.6 is 0 Å². The molecule has 25 heavy (non-hydrogen) atoms. The molecular formula is C18H17F2N2O3+. The van der Waals surface area contributed by atoms with Crippen LogP contribution in [0.25, 0.3) is 0 Å². The number of ether oxygens (including phenoxy) is 2. The Labute approximate surface area is 143 Å². The first kappa shape index (κ1) is 15.8. The molecule has 2 aliphatic rings. The smallest absolute Gasteiger partial charge is 0.231 e. The Morgan fingerprint density at radius 3 is 2.84 bits per heavy atom. The lowest BCUT2D eigenvalue weighted by molar-refractivity contribution is -0.676. The number of hydrogen-bond donors (Lipinski definition) is 1. The van der Waals surface area contributed by atoms with E-state index < -0.39 is 11.6 Å². The highest BCUT2D eigenvalue weighted by Gasteiger charge is 2.25. The van der Waals surface area contributed by atoms with Crippen LogP contribution in [0, 0.1) is 11.6 Å². The molecule has 130 valence electrons. The zero-order valence-corrected chi connectivity index (χ0v) is 13.4. The quantitative estimate of drug-likeness (QED) is 0.899. The molecule has 0 radical (unpaired) electrons. The van der Waals surface area contributed by atoms with Gasteiger partial charge >= 0.3 is 0 Å². The number of halogens is 2. The van der Waals surface area contributed by atoms with E-state index in [1.165, 1.54) is 12.1 Å². The molecule has 2 aliphatic heterocycles. The van der Waals surface area contributed by atoms with E-state index >= 15 is 0 Å². The third-order valence-corrected chi connectivity index (χ3v) is 4.25. The van der Waals surface area contributed by atoms with E-state index in [2.05, 4.69) is 5.16 Å². The van der Waals surface area contributed by atoms with Crippen molar-refractivity contribution in [1.82, 2.24) is 0 Å². The monoisotopic (exact) mass is 347 g/mol. The molecule has 0 saturated carbocycles. The van der Waals surface area contributed by atoms with Crippen molar-refractivity contribution >= 4 is 5.71 Å². The summed E-state index contributed by atoms with van der Waals surface area (Å²) in [6, 6.07) is 9.30. The summed E-state index contributed by atoms with van der Waals surface area (Å²) in [6.07, 6.45) is 0.589. The summed E-state index contributed by atoms with van der Waals surface area (Å²) >= 11 is 0. The van der Waals surface area contributed by atoms with Crippen LogP contribution in [-0.4, -0.2) is 25.2 Å². The van der Waals surface area contributed by atoms with Crippen LogP contribution in [0.3, 0.4) is 0 Å². The number of fused-ring (bicyclic) bond motifs is 1. The molecule has 2 aromatic rings. The van der Waals surface area contributed by atoms with Crippen LogP contribution < -0.4 is 14.8 Å². The number of benzene rings is 2. The number of nitrogens with zero attached hydrogens (tertiary/aromatic N) is 1. The Balaban J connectivity index is 1.30. The summed E-state index contributed by atoms with van der Waals surface area (Å²) in [5.41, 5.74) is 2.26. The van der Waals surface area contributed by atoms with Gasteiger partial charge in [0.15, 0.2) is 17.6 Å². The van der Waals surface area contributed by atoms with Crippen molar-refractivity contribution in [2.45, 2.75) is 19.1 Å². The van der Waals surface area contributed by atoms with Crippen LogP contribution in [0.4, 0.5) is 8.78 Å². The predicted molar refractivity (Wildman–Crippen MR) is 85.4 cm³/mol. The van der Waals surface area contributed by atoms with Crippen molar-refractivity contribution in [2.24, 2.45) is 5.16 Å². The van der Waals surface area contributed by atoms with Gasteiger partial charge in [-0.2, -0.15) is 0 Å². The van der Waals surface area contributed by atoms with Gasteiger partial charge in [0.25, 0.3) is 0 Å². The zero-order valence-electron chi connectivity index (χ0n) is 13.4. The third kappa shape index (κ3) is 3.41. The Hall–Kier alpha value is -2.67. The Kier molecular flexibility index (Phi) is 4.23. The predicted octanol–water partition coefficient (Wildman–Crippen LogP) is 1.95. The van der Waals surface area contributed by atoms with Crippen molar-refractivity contribution in [3.05, 3.63) is 59.2 Å². The van der Waals surface area contributed by atoms with E-state index in [0.717, 1.165) is 23.1 Å². The van der Waals surface area contributed by atoms with Crippen molar-refractivity contribution in [3.8, 4) is 11.5 Å². The molecule has 0 spiro atoms. The molecule has 5 nitrogen and oxygen atoms in total. The van der Waals surface area contributed by atoms with Crippen LogP contribution in [0.2, 0.25) is 0 Å². The van der Waals surface area contributed by atoms with E-state index in [4.69, 9.17) is 14.3 Å². The van der Waals surface area contributed by atoms with Crippen molar-refractivity contribution < 1.29 is 28.4 Å². The molecule has 0 unspecified atom stereocenters. The van der Waals surface area contributed by atoms with Crippen molar-refractivity contribution in [1.29, 1.82) is 0 Å². The topological polar surface area (TPSA) is 56.7 Å². The highest BCUT2D eigenvalue weighted by Crippen LogP contribution is 2.33. The lowest BCUT2D eigenvalue weighted by atomic mass is 10.0. The standard InChI is InChI=1S/C18H16F2N2O3/c19-13-3-1-12(15(20)6-13)8-21-9-14-7-16(22-25-14)11-2-4-17-18(5-11)24-10-23-17/h1-6,14,21H,7-10H2/p+1/t14-/m1/s1. The van der Waals surface area contributed by atoms with Crippen molar-refractivity contribution in [2.75, 3.05) is 13.3 Å². The van der Waals surface area contributed by atoms with Crippen LogP contribution in [0.5, 0.6) is 11.5 Å². The molecule has 0 amide bonds. The molecule has 0 fully saturated rings. The lowest BCUT2D eigenvalue weighted by Gasteiger charge is -2.08. The molecule has 2 heterocycles. The maximum atomic E-state index is 13.6. The highest BCUT2D eigenvalue weighted by atomic mass is 19.1. The average molecular weight is 347 g/mol.